The molecule has 0 unspecified atom stereocenters. The predicted molar refractivity (Wildman–Crippen MR) is 85.6 cm³/mol. The summed E-state index contributed by atoms with van der Waals surface area (Å²) in [6.07, 6.45) is 8.41. The van der Waals surface area contributed by atoms with Crippen molar-refractivity contribution < 1.29 is 0 Å². The van der Waals surface area contributed by atoms with Crippen LogP contribution in [0.1, 0.15) is 66.2 Å². The Labute approximate surface area is 121 Å². The lowest BCUT2D eigenvalue weighted by molar-refractivity contribution is 0.151. The van der Waals surface area contributed by atoms with E-state index < -0.39 is 0 Å². The van der Waals surface area contributed by atoms with E-state index in [0.29, 0.717) is 5.41 Å². The fourth-order valence-electron chi connectivity index (χ4n) is 3.35. The normalized spacial score (nSPS) is 18.6. The van der Waals surface area contributed by atoms with E-state index in [0.717, 1.165) is 5.92 Å². The van der Waals surface area contributed by atoms with Crippen LogP contribution in [-0.4, -0.2) is 37.6 Å². The molecule has 0 spiro atoms. The highest BCUT2D eigenvalue weighted by Crippen LogP contribution is 2.38. The Kier molecular flexibility index (Phi) is 8.01. The van der Waals surface area contributed by atoms with Crippen molar-refractivity contribution in [1.29, 1.82) is 0 Å². The van der Waals surface area contributed by atoms with E-state index in [-0.39, 0.29) is 0 Å². The molecular weight excluding hydrogens is 232 g/mol. The van der Waals surface area contributed by atoms with Gasteiger partial charge in [0, 0.05) is 13.1 Å². The molecule has 114 valence electrons. The highest BCUT2D eigenvalue weighted by atomic mass is 15.1. The van der Waals surface area contributed by atoms with Crippen LogP contribution in [0, 0.1) is 11.3 Å². The SMILES string of the molecule is CCCCN(CC)CC1(CNCC(C)C)CCCC1. The number of unbranched alkanes of at least 4 members (excludes halogenated alkanes) is 1. The zero-order valence-electron chi connectivity index (χ0n) is 13.8. The minimum atomic E-state index is 0.568. The maximum atomic E-state index is 3.73. The average molecular weight is 268 g/mol. The third-order valence-electron chi connectivity index (χ3n) is 4.55. The van der Waals surface area contributed by atoms with Crippen LogP contribution < -0.4 is 5.32 Å². The molecule has 1 aliphatic carbocycles. The first-order valence-electron chi connectivity index (χ1n) is 8.55. The second kappa shape index (κ2) is 8.97. The molecule has 0 aromatic carbocycles. The Hall–Kier alpha value is -0.0800. The van der Waals surface area contributed by atoms with Gasteiger partial charge in [-0.15, -0.1) is 0 Å². The van der Waals surface area contributed by atoms with Gasteiger partial charge in [0.15, 0.2) is 0 Å². The summed E-state index contributed by atoms with van der Waals surface area (Å²) in [5.74, 6) is 0.765. The maximum absolute atomic E-state index is 3.73. The molecule has 19 heavy (non-hydrogen) atoms. The molecule has 1 fully saturated rings. The van der Waals surface area contributed by atoms with Gasteiger partial charge in [0.05, 0.1) is 0 Å². The van der Waals surface area contributed by atoms with Crippen molar-refractivity contribution in [3.8, 4) is 0 Å². The van der Waals surface area contributed by atoms with Gasteiger partial charge < -0.3 is 10.2 Å². The van der Waals surface area contributed by atoms with E-state index in [1.165, 1.54) is 71.2 Å². The lowest BCUT2D eigenvalue weighted by Crippen LogP contribution is -2.43. The van der Waals surface area contributed by atoms with Crippen molar-refractivity contribution in [1.82, 2.24) is 10.2 Å². The Balaban J connectivity index is 2.45. The van der Waals surface area contributed by atoms with Crippen LogP contribution in [0.15, 0.2) is 0 Å². The van der Waals surface area contributed by atoms with E-state index in [2.05, 4.69) is 37.9 Å². The fraction of sp³-hybridized carbons (Fsp3) is 1.00. The molecule has 0 radical (unpaired) electrons. The molecule has 1 aliphatic rings. The van der Waals surface area contributed by atoms with E-state index in [1.54, 1.807) is 0 Å². The molecule has 0 heterocycles. The summed E-state index contributed by atoms with van der Waals surface area (Å²) in [6, 6.07) is 0. The molecule has 1 saturated carbocycles. The quantitative estimate of drug-likeness (QED) is 0.646. The highest BCUT2D eigenvalue weighted by Gasteiger charge is 2.34. The lowest BCUT2D eigenvalue weighted by atomic mass is 9.85. The van der Waals surface area contributed by atoms with Crippen molar-refractivity contribution in [3.63, 3.8) is 0 Å². The molecule has 1 rings (SSSR count). The molecule has 0 aliphatic heterocycles. The van der Waals surface area contributed by atoms with Crippen molar-refractivity contribution in [2.24, 2.45) is 11.3 Å². The molecule has 0 aromatic rings. The van der Waals surface area contributed by atoms with E-state index in [9.17, 15) is 0 Å². The van der Waals surface area contributed by atoms with Gasteiger partial charge in [-0.05, 0) is 50.2 Å². The van der Waals surface area contributed by atoms with Gasteiger partial charge in [-0.25, -0.2) is 0 Å². The van der Waals surface area contributed by atoms with Gasteiger partial charge in [0.2, 0.25) is 0 Å². The summed E-state index contributed by atoms with van der Waals surface area (Å²) in [7, 11) is 0. The molecule has 1 N–H and O–H groups in total. The van der Waals surface area contributed by atoms with Crippen LogP contribution >= 0.6 is 0 Å². The van der Waals surface area contributed by atoms with Crippen LogP contribution in [0.5, 0.6) is 0 Å². The van der Waals surface area contributed by atoms with E-state index in [4.69, 9.17) is 0 Å². The third-order valence-corrected chi connectivity index (χ3v) is 4.55. The molecule has 0 amide bonds. The molecule has 2 nitrogen and oxygen atoms in total. The van der Waals surface area contributed by atoms with Crippen molar-refractivity contribution in [2.75, 3.05) is 32.7 Å². The fourth-order valence-corrected chi connectivity index (χ4v) is 3.35. The maximum Gasteiger partial charge on any atom is 0.00500 e. The van der Waals surface area contributed by atoms with Gasteiger partial charge in [-0.1, -0.05) is 47.0 Å². The number of nitrogens with one attached hydrogen (secondary N) is 1. The number of hydrogen-bond acceptors (Lipinski definition) is 2. The molecule has 0 saturated heterocycles. The van der Waals surface area contributed by atoms with Gasteiger partial charge in [-0.2, -0.15) is 0 Å². The molecule has 0 bridgehead atoms. The number of nitrogens with zero attached hydrogens (tertiary/aromatic N) is 1. The smallest absolute Gasteiger partial charge is 0.00500 e. The number of hydrogen-bond donors (Lipinski definition) is 1. The van der Waals surface area contributed by atoms with Crippen LogP contribution in [0.4, 0.5) is 0 Å². The molecule has 2 heteroatoms. The first kappa shape index (κ1) is 17.0. The predicted octanol–water partition coefficient (Wildman–Crippen LogP) is 3.91. The summed E-state index contributed by atoms with van der Waals surface area (Å²) in [4.78, 5) is 2.69. The minimum Gasteiger partial charge on any atom is -0.316 e. The largest absolute Gasteiger partial charge is 0.316 e. The Bertz CT molecular complexity index is 219. The average Bonchev–Trinajstić information content (AvgIpc) is 2.83. The highest BCUT2D eigenvalue weighted by molar-refractivity contribution is 4.89. The van der Waals surface area contributed by atoms with Crippen LogP contribution in [0.25, 0.3) is 0 Å². The molecule has 0 aromatic heterocycles. The van der Waals surface area contributed by atoms with E-state index >= 15 is 0 Å². The lowest BCUT2D eigenvalue weighted by Gasteiger charge is -2.35. The monoisotopic (exact) mass is 268 g/mol. The molecular formula is C17H36N2. The zero-order valence-corrected chi connectivity index (χ0v) is 13.8. The Morgan fingerprint density at radius 1 is 1.16 bits per heavy atom. The topological polar surface area (TPSA) is 15.3 Å². The standard InChI is InChI=1S/C17H36N2/c1-5-7-12-19(6-2)15-17(10-8-9-11-17)14-18-13-16(3)4/h16,18H,5-15H2,1-4H3. The van der Waals surface area contributed by atoms with Crippen molar-refractivity contribution in [3.05, 3.63) is 0 Å². The van der Waals surface area contributed by atoms with E-state index in [1.807, 2.05) is 0 Å². The Morgan fingerprint density at radius 2 is 1.84 bits per heavy atom. The summed E-state index contributed by atoms with van der Waals surface area (Å²) in [6.45, 7) is 15.4. The second-order valence-corrected chi connectivity index (χ2v) is 6.95. The summed E-state index contributed by atoms with van der Waals surface area (Å²) in [5, 5.41) is 3.73. The summed E-state index contributed by atoms with van der Waals surface area (Å²) >= 11 is 0. The third kappa shape index (κ3) is 6.27. The number of rotatable bonds is 10. The van der Waals surface area contributed by atoms with Gasteiger partial charge in [-0.3, -0.25) is 0 Å². The second-order valence-electron chi connectivity index (χ2n) is 6.95. The zero-order chi connectivity index (χ0) is 14.1. The first-order chi connectivity index (χ1) is 9.12. The van der Waals surface area contributed by atoms with Crippen LogP contribution in [0.2, 0.25) is 0 Å². The van der Waals surface area contributed by atoms with Gasteiger partial charge >= 0.3 is 0 Å². The van der Waals surface area contributed by atoms with Crippen LogP contribution in [0.3, 0.4) is 0 Å². The summed E-state index contributed by atoms with van der Waals surface area (Å²) in [5.41, 5.74) is 0.568. The van der Waals surface area contributed by atoms with Crippen molar-refractivity contribution >= 4 is 0 Å². The molecule has 0 atom stereocenters. The van der Waals surface area contributed by atoms with Crippen LogP contribution in [-0.2, 0) is 0 Å². The van der Waals surface area contributed by atoms with Crippen molar-refractivity contribution in [2.45, 2.75) is 66.2 Å². The first-order valence-corrected chi connectivity index (χ1v) is 8.55. The summed E-state index contributed by atoms with van der Waals surface area (Å²) < 4.78 is 0. The minimum absolute atomic E-state index is 0.568. The van der Waals surface area contributed by atoms with Gasteiger partial charge in [0.25, 0.3) is 0 Å². The van der Waals surface area contributed by atoms with Gasteiger partial charge in [0.1, 0.15) is 0 Å². The Morgan fingerprint density at radius 3 is 2.37 bits per heavy atom.